The number of anilines is 2. The molecule has 6 nitrogen and oxygen atoms in total. The molecule has 0 aliphatic heterocycles. The number of carbonyl (C=O) groups excluding carboxylic acids is 2. The summed E-state index contributed by atoms with van der Waals surface area (Å²) in [4.78, 5) is 24.6. The van der Waals surface area contributed by atoms with E-state index >= 15 is 0 Å². The predicted octanol–water partition coefficient (Wildman–Crippen LogP) is 3.58. The zero-order valence-corrected chi connectivity index (χ0v) is 14.1. The number of amides is 2. The average molecular weight is 355 g/mol. The summed E-state index contributed by atoms with van der Waals surface area (Å²) in [5.74, 6) is -0.596. The van der Waals surface area contributed by atoms with Crippen molar-refractivity contribution in [1.29, 1.82) is 0 Å². The molecule has 0 atom stereocenters. The second-order valence-electron chi connectivity index (χ2n) is 5.36. The fourth-order valence-electron chi connectivity index (χ4n) is 2.23. The average Bonchev–Trinajstić information content (AvgIpc) is 3.04. The van der Waals surface area contributed by atoms with Gasteiger partial charge >= 0.3 is 0 Å². The first-order valence-corrected chi connectivity index (χ1v) is 7.86. The van der Waals surface area contributed by atoms with Gasteiger partial charge in [0.05, 0.1) is 23.1 Å². The van der Waals surface area contributed by atoms with Crippen LogP contribution in [0.2, 0.25) is 5.02 Å². The monoisotopic (exact) mass is 354 g/mol. The van der Waals surface area contributed by atoms with Crippen LogP contribution in [-0.4, -0.2) is 21.6 Å². The van der Waals surface area contributed by atoms with E-state index in [-0.39, 0.29) is 11.8 Å². The van der Waals surface area contributed by atoms with E-state index in [4.69, 9.17) is 11.6 Å². The number of halogens is 1. The lowest BCUT2D eigenvalue weighted by atomic mass is 10.2. The Balaban J connectivity index is 1.77. The maximum atomic E-state index is 12.4. The third-order valence-electron chi connectivity index (χ3n) is 3.50. The normalized spacial score (nSPS) is 10.3. The largest absolute Gasteiger partial charge is 0.320 e. The van der Waals surface area contributed by atoms with Gasteiger partial charge in [0.1, 0.15) is 0 Å². The second-order valence-corrected chi connectivity index (χ2v) is 5.80. The van der Waals surface area contributed by atoms with Gasteiger partial charge in [0.25, 0.3) is 11.8 Å². The number of rotatable bonds is 4. The molecule has 2 N–H and O–H groups in total. The predicted molar refractivity (Wildman–Crippen MR) is 97.0 cm³/mol. The molecule has 0 saturated heterocycles. The molecule has 3 rings (SSSR count). The quantitative estimate of drug-likeness (QED) is 0.751. The Kier molecular flexibility index (Phi) is 4.81. The molecule has 2 amide bonds. The van der Waals surface area contributed by atoms with Crippen molar-refractivity contribution in [3.8, 4) is 0 Å². The van der Waals surface area contributed by atoms with Crippen LogP contribution in [0, 0.1) is 0 Å². The summed E-state index contributed by atoms with van der Waals surface area (Å²) >= 11 is 5.83. The Labute approximate surface area is 149 Å². The fourth-order valence-corrected chi connectivity index (χ4v) is 2.36. The van der Waals surface area contributed by atoms with Crippen LogP contribution >= 0.6 is 11.6 Å². The third kappa shape index (κ3) is 4.05. The van der Waals surface area contributed by atoms with E-state index in [0.717, 1.165) is 0 Å². The number of aryl methyl sites for hydroxylation is 1. The van der Waals surface area contributed by atoms with Gasteiger partial charge in [-0.15, -0.1) is 0 Å². The lowest BCUT2D eigenvalue weighted by molar-refractivity contribution is 0.101. The zero-order chi connectivity index (χ0) is 17.8. The topological polar surface area (TPSA) is 76.0 Å². The molecule has 2 aromatic carbocycles. The fraction of sp³-hybridized carbons (Fsp3) is 0.0556. The van der Waals surface area contributed by atoms with E-state index in [0.29, 0.717) is 27.5 Å². The number of benzene rings is 2. The highest BCUT2D eigenvalue weighted by Gasteiger charge is 2.13. The molecule has 7 heteroatoms. The van der Waals surface area contributed by atoms with Crippen LogP contribution in [0.3, 0.4) is 0 Å². The Morgan fingerprint density at radius 3 is 2.00 bits per heavy atom. The Morgan fingerprint density at radius 2 is 1.48 bits per heavy atom. The molecule has 0 aliphatic carbocycles. The summed E-state index contributed by atoms with van der Waals surface area (Å²) in [7, 11) is 1.73. The summed E-state index contributed by atoms with van der Waals surface area (Å²) in [5, 5.41) is 10.1. The molecule has 3 aromatic rings. The van der Waals surface area contributed by atoms with Gasteiger partial charge in [-0.05, 0) is 36.4 Å². The van der Waals surface area contributed by atoms with Crippen molar-refractivity contribution in [2.45, 2.75) is 0 Å². The first-order chi connectivity index (χ1) is 12.0. The van der Waals surface area contributed by atoms with Gasteiger partial charge in [-0.25, -0.2) is 0 Å². The summed E-state index contributed by atoms with van der Waals surface area (Å²) in [6.07, 6.45) is 3.09. The van der Waals surface area contributed by atoms with E-state index in [1.54, 1.807) is 66.5 Å². The van der Waals surface area contributed by atoms with Crippen LogP contribution in [0.15, 0.2) is 60.9 Å². The Hall–Kier alpha value is -3.12. The molecular formula is C18H15ClN4O2. The number of aromatic nitrogens is 2. The summed E-state index contributed by atoms with van der Waals surface area (Å²) in [5.41, 5.74) is 1.90. The van der Waals surface area contributed by atoms with Crippen molar-refractivity contribution in [3.63, 3.8) is 0 Å². The number of nitrogens with zero attached hydrogens (tertiary/aromatic N) is 2. The highest BCUT2D eigenvalue weighted by molar-refractivity contribution is 6.30. The lowest BCUT2D eigenvalue weighted by Gasteiger charge is -2.12. The van der Waals surface area contributed by atoms with Crippen LogP contribution < -0.4 is 10.6 Å². The molecule has 0 radical (unpaired) electrons. The molecule has 25 heavy (non-hydrogen) atoms. The molecule has 0 bridgehead atoms. The van der Waals surface area contributed by atoms with Gasteiger partial charge in [-0.3, -0.25) is 14.3 Å². The van der Waals surface area contributed by atoms with Gasteiger partial charge < -0.3 is 10.6 Å². The summed E-state index contributed by atoms with van der Waals surface area (Å²) in [6, 6.07) is 13.5. The van der Waals surface area contributed by atoms with E-state index in [2.05, 4.69) is 15.7 Å². The number of carbonyl (C=O) groups is 2. The third-order valence-corrected chi connectivity index (χ3v) is 3.75. The minimum atomic E-state index is -0.304. The van der Waals surface area contributed by atoms with Gasteiger partial charge in [-0.1, -0.05) is 23.7 Å². The van der Waals surface area contributed by atoms with Crippen LogP contribution in [0.4, 0.5) is 11.4 Å². The second kappa shape index (κ2) is 7.19. The van der Waals surface area contributed by atoms with Crippen molar-refractivity contribution < 1.29 is 9.59 Å². The molecule has 126 valence electrons. The van der Waals surface area contributed by atoms with Crippen molar-refractivity contribution in [2.24, 2.45) is 7.05 Å². The molecule has 0 spiro atoms. The molecule has 1 aromatic heterocycles. The minimum absolute atomic E-state index is 0.292. The van der Waals surface area contributed by atoms with E-state index < -0.39 is 0 Å². The highest BCUT2D eigenvalue weighted by Crippen LogP contribution is 2.22. The standard InChI is InChI=1S/C18H15ClN4O2/c1-23-11-13(10-20-23)18(25)22-16-5-3-2-4-15(16)21-17(24)12-6-8-14(19)9-7-12/h2-11H,1H3,(H,21,24)(H,22,25). The van der Waals surface area contributed by atoms with Crippen LogP contribution in [0.5, 0.6) is 0 Å². The van der Waals surface area contributed by atoms with Gasteiger partial charge in [0, 0.05) is 23.8 Å². The molecule has 0 unspecified atom stereocenters. The number of hydrogen-bond acceptors (Lipinski definition) is 3. The summed E-state index contributed by atoms with van der Waals surface area (Å²) in [6.45, 7) is 0. The van der Waals surface area contributed by atoms with E-state index in [1.165, 1.54) is 6.20 Å². The smallest absolute Gasteiger partial charge is 0.258 e. The molecule has 1 heterocycles. The zero-order valence-electron chi connectivity index (χ0n) is 13.4. The van der Waals surface area contributed by atoms with Crippen LogP contribution in [0.1, 0.15) is 20.7 Å². The lowest BCUT2D eigenvalue weighted by Crippen LogP contribution is -2.16. The molecule has 0 fully saturated rings. The first-order valence-electron chi connectivity index (χ1n) is 7.49. The summed E-state index contributed by atoms with van der Waals surface area (Å²) < 4.78 is 1.54. The van der Waals surface area contributed by atoms with Crippen molar-refractivity contribution in [2.75, 3.05) is 10.6 Å². The highest BCUT2D eigenvalue weighted by atomic mass is 35.5. The van der Waals surface area contributed by atoms with Crippen molar-refractivity contribution in [3.05, 3.63) is 77.1 Å². The molecule has 0 aliphatic rings. The van der Waals surface area contributed by atoms with Gasteiger partial charge in [0.15, 0.2) is 0 Å². The van der Waals surface area contributed by atoms with Gasteiger partial charge in [-0.2, -0.15) is 5.10 Å². The first kappa shape index (κ1) is 16.7. The number of hydrogen-bond donors (Lipinski definition) is 2. The van der Waals surface area contributed by atoms with E-state index in [1.807, 2.05) is 0 Å². The minimum Gasteiger partial charge on any atom is -0.320 e. The number of nitrogens with one attached hydrogen (secondary N) is 2. The SMILES string of the molecule is Cn1cc(C(=O)Nc2ccccc2NC(=O)c2ccc(Cl)cc2)cn1. The Bertz CT molecular complexity index is 919. The van der Waals surface area contributed by atoms with Crippen LogP contribution in [-0.2, 0) is 7.05 Å². The number of para-hydroxylation sites is 2. The maximum Gasteiger partial charge on any atom is 0.258 e. The molecule has 0 saturated carbocycles. The van der Waals surface area contributed by atoms with E-state index in [9.17, 15) is 9.59 Å². The van der Waals surface area contributed by atoms with Gasteiger partial charge in [0.2, 0.25) is 0 Å². The maximum absolute atomic E-state index is 12.4. The van der Waals surface area contributed by atoms with Crippen molar-refractivity contribution in [1.82, 2.24) is 9.78 Å². The Morgan fingerprint density at radius 1 is 0.920 bits per heavy atom. The molecular weight excluding hydrogens is 340 g/mol. The van der Waals surface area contributed by atoms with Crippen molar-refractivity contribution >= 4 is 34.8 Å². The van der Waals surface area contributed by atoms with Crippen LogP contribution in [0.25, 0.3) is 0 Å².